The highest BCUT2D eigenvalue weighted by Gasteiger charge is 2.16. The first-order chi connectivity index (χ1) is 6.86. The molecule has 76 valence electrons. The average Bonchev–Trinajstić information content (AvgIpc) is 2.44. The van der Waals surface area contributed by atoms with Crippen LogP contribution in [0.4, 0.5) is 0 Å². The number of hydrogen-bond donors (Lipinski definition) is 0. The maximum atomic E-state index is 2.42. The molecule has 0 atom stereocenters. The van der Waals surface area contributed by atoms with Gasteiger partial charge in [-0.25, -0.2) is 0 Å². The molecule has 1 fully saturated rings. The van der Waals surface area contributed by atoms with E-state index in [1.54, 1.807) is 5.57 Å². The Balaban J connectivity index is 2.03. The highest BCUT2D eigenvalue weighted by molar-refractivity contribution is 5.32. The van der Waals surface area contributed by atoms with Crippen LogP contribution in [-0.4, -0.2) is 0 Å². The summed E-state index contributed by atoms with van der Waals surface area (Å²) < 4.78 is 0. The molecule has 0 aliphatic heterocycles. The molecular formula is C14H20. The van der Waals surface area contributed by atoms with E-state index in [-0.39, 0.29) is 0 Å². The molecule has 0 radical (unpaired) electrons. The summed E-state index contributed by atoms with van der Waals surface area (Å²) in [6.45, 7) is 2.19. The quantitative estimate of drug-likeness (QED) is 0.572. The van der Waals surface area contributed by atoms with Gasteiger partial charge in [-0.2, -0.15) is 0 Å². The van der Waals surface area contributed by atoms with E-state index < -0.39 is 0 Å². The first-order valence-electron chi connectivity index (χ1n) is 5.91. The molecule has 0 aromatic carbocycles. The van der Waals surface area contributed by atoms with E-state index in [1.807, 2.05) is 0 Å². The van der Waals surface area contributed by atoms with Gasteiger partial charge >= 0.3 is 0 Å². The van der Waals surface area contributed by atoms with Gasteiger partial charge in [0.25, 0.3) is 0 Å². The lowest BCUT2D eigenvalue weighted by molar-refractivity contribution is 0.408. The van der Waals surface area contributed by atoms with Crippen molar-refractivity contribution in [3.05, 3.63) is 35.5 Å². The molecule has 14 heavy (non-hydrogen) atoms. The molecule has 0 unspecified atom stereocenters. The summed E-state index contributed by atoms with van der Waals surface area (Å²) in [6, 6.07) is 0. The van der Waals surface area contributed by atoms with Crippen molar-refractivity contribution in [1.29, 1.82) is 0 Å². The van der Waals surface area contributed by atoms with Gasteiger partial charge in [0.15, 0.2) is 0 Å². The van der Waals surface area contributed by atoms with Crippen LogP contribution in [0.5, 0.6) is 0 Å². The summed E-state index contributed by atoms with van der Waals surface area (Å²) in [6.07, 6.45) is 17.6. The molecule has 2 aliphatic rings. The van der Waals surface area contributed by atoms with E-state index in [9.17, 15) is 0 Å². The molecule has 0 bridgehead atoms. The van der Waals surface area contributed by atoms with Gasteiger partial charge in [-0.1, -0.05) is 49.1 Å². The Labute approximate surface area is 87.4 Å². The Morgan fingerprint density at radius 3 is 2.57 bits per heavy atom. The van der Waals surface area contributed by atoms with Gasteiger partial charge in [-0.05, 0) is 37.7 Å². The van der Waals surface area contributed by atoms with Crippen LogP contribution < -0.4 is 0 Å². The second-order valence-corrected chi connectivity index (χ2v) is 4.56. The van der Waals surface area contributed by atoms with Gasteiger partial charge < -0.3 is 0 Å². The Morgan fingerprint density at radius 2 is 1.79 bits per heavy atom. The fourth-order valence-corrected chi connectivity index (χ4v) is 2.48. The maximum absolute atomic E-state index is 2.42. The maximum Gasteiger partial charge on any atom is -0.0158 e. The molecule has 2 aliphatic carbocycles. The van der Waals surface area contributed by atoms with Gasteiger partial charge in [0.1, 0.15) is 0 Å². The van der Waals surface area contributed by atoms with Crippen molar-refractivity contribution >= 4 is 0 Å². The largest absolute Gasteiger partial charge is 0.0778 e. The van der Waals surface area contributed by atoms with Crippen molar-refractivity contribution in [2.75, 3.05) is 0 Å². The van der Waals surface area contributed by atoms with E-state index in [4.69, 9.17) is 0 Å². The van der Waals surface area contributed by atoms with E-state index in [0.717, 1.165) is 12.3 Å². The second-order valence-electron chi connectivity index (χ2n) is 4.56. The molecule has 0 amide bonds. The Bertz CT molecular complexity index is 272. The molecule has 0 heteroatoms. The zero-order chi connectivity index (χ0) is 9.80. The first kappa shape index (κ1) is 9.76. The van der Waals surface area contributed by atoms with E-state index in [2.05, 4.69) is 31.2 Å². The predicted molar refractivity (Wildman–Crippen MR) is 62.2 cm³/mol. The lowest BCUT2D eigenvalue weighted by atomic mass is 9.83. The summed E-state index contributed by atoms with van der Waals surface area (Å²) in [7, 11) is 0. The lowest BCUT2D eigenvalue weighted by Crippen LogP contribution is -2.07. The van der Waals surface area contributed by atoms with Gasteiger partial charge in [0.2, 0.25) is 0 Å². The molecule has 0 saturated heterocycles. The Kier molecular flexibility index (Phi) is 3.23. The summed E-state index contributed by atoms with van der Waals surface area (Å²) in [5, 5.41) is 0. The van der Waals surface area contributed by atoms with Crippen molar-refractivity contribution < 1.29 is 0 Å². The third kappa shape index (κ3) is 2.37. The molecular weight excluding hydrogens is 168 g/mol. The molecule has 0 nitrogen and oxygen atoms in total. The van der Waals surface area contributed by atoms with Crippen LogP contribution in [0.1, 0.15) is 45.4 Å². The second kappa shape index (κ2) is 4.63. The molecule has 0 aromatic heterocycles. The lowest BCUT2D eigenvalue weighted by Gasteiger charge is -2.22. The van der Waals surface area contributed by atoms with Crippen molar-refractivity contribution in [2.45, 2.75) is 45.4 Å². The van der Waals surface area contributed by atoms with Gasteiger partial charge in [0.05, 0.1) is 0 Å². The molecule has 1 saturated carbocycles. The molecule has 2 rings (SSSR count). The number of allylic oxidation sites excluding steroid dienone is 6. The monoisotopic (exact) mass is 188 g/mol. The van der Waals surface area contributed by atoms with Crippen molar-refractivity contribution in [3.8, 4) is 0 Å². The van der Waals surface area contributed by atoms with E-state index >= 15 is 0 Å². The minimum atomic E-state index is 0.860. The van der Waals surface area contributed by atoms with Crippen molar-refractivity contribution in [1.82, 2.24) is 0 Å². The smallest absolute Gasteiger partial charge is 0.0158 e. The number of hydrogen-bond acceptors (Lipinski definition) is 0. The molecule has 0 aromatic rings. The third-order valence-corrected chi connectivity index (χ3v) is 3.41. The topological polar surface area (TPSA) is 0 Å². The predicted octanol–water partition coefficient (Wildman–Crippen LogP) is 4.40. The van der Waals surface area contributed by atoms with Crippen LogP contribution >= 0.6 is 0 Å². The molecule has 0 heterocycles. The van der Waals surface area contributed by atoms with Crippen LogP contribution in [0.3, 0.4) is 0 Å². The van der Waals surface area contributed by atoms with Crippen LogP contribution in [-0.2, 0) is 0 Å². The number of rotatable bonds is 1. The van der Waals surface area contributed by atoms with Crippen LogP contribution in [0.15, 0.2) is 35.5 Å². The third-order valence-electron chi connectivity index (χ3n) is 3.41. The fourth-order valence-electron chi connectivity index (χ4n) is 2.48. The van der Waals surface area contributed by atoms with Crippen LogP contribution in [0, 0.1) is 5.92 Å². The van der Waals surface area contributed by atoms with Gasteiger partial charge in [0, 0.05) is 0 Å². The average molecular weight is 188 g/mol. The zero-order valence-electron chi connectivity index (χ0n) is 9.13. The first-order valence-corrected chi connectivity index (χ1v) is 5.91. The summed E-state index contributed by atoms with van der Waals surface area (Å²) in [5.41, 5.74) is 3.00. The van der Waals surface area contributed by atoms with Crippen molar-refractivity contribution in [3.63, 3.8) is 0 Å². The fraction of sp³-hybridized carbons (Fsp3) is 0.571. The SMILES string of the molecule is CC1=CCC=C(C2CCCCC2)C=C1. The molecule has 0 spiro atoms. The highest BCUT2D eigenvalue weighted by Crippen LogP contribution is 2.31. The highest BCUT2D eigenvalue weighted by atomic mass is 14.2. The zero-order valence-corrected chi connectivity index (χ0v) is 9.13. The minimum Gasteiger partial charge on any atom is -0.0778 e. The van der Waals surface area contributed by atoms with Crippen molar-refractivity contribution in [2.24, 2.45) is 5.92 Å². The van der Waals surface area contributed by atoms with Crippen LogP contribution in [0.2, 0.25) is 0 Å². The van der Waals surface area contributed by atoms with Crippen LogP contribution in [0.25, 0.3) is 0 Å². The van der Waals surface area contributed by atoms with E-state index in [1.165, 1.54) is 37.7 Å². The standard InChI is InChI=1S/C14H20/c1-12-6-5-9-14(11-10-12)13-7-3-2-4-8-13/h6,9-11,13H,2-5,7-8H2,1H3. The summed E-state index contributed by atoms with van der Waals surface area (Å²) in [4.78, 5) is 0. The van der Waals surface area contributed by atoms with Gasteiger partial charge in [-0.15, -0.1) is 0 Å². The Morgan fingerprint density at radius 1 is 1.00 bits per heavy atom. The van der Waals surface area contributed by atoms with Gasteiger partial charge in [-0.3, -0.25) is 0 Å². The Hall–Kier alpha value is -0.780. The van der Waals surface area contributed by atoms with E-state index in [0.29, 0.717) is 0 Å². The minimum absolute atomic E-state index is 0.860. The summed E-state index contributed by atoms with van der Waals surface area (Å²) in [5.74, 6) is 0.860. The molecule has 0 N–H and O–H groups in total. The summed E-state index contributed by atoms with van der Waals surface area (Å²) >= 11 is 0. The normalized spacial score (nSPS) is 24.1.